The normalized spacial score (nSPS) is 28.9. The number of carbonyl (C=O) groups is 1. The molecule has 4 fully saturated rings. The topological polar surface area (TPSA) is 46.1 Å². The molecule has 1 amide bonds. The van der Waals surface area contributed by atoms with Gasteiger partial charge in [0.25, 0.3) is 0 Å². The standard InChI is InChI=1S/C26H29N3OS/c1-16-6-7-22-23(17(16)2)28-25(31-22)29(15-21-5-3-4-8-27-21)24(30)26-12-18-9-19(13-26)11-20(10-18)14-26/h3-8,18-20H,9-15H2,1-2H3. The van der Waals surface area contributed by atoms with Crippen LogP contribution in [0, 0.1) is 37.0 Å². The van der Waals surface area contributed by atoms with Gasteiger partial charge < -0.3 is 0 Å². The molecule has 4 saturated carbocycles. The monoisotopic (exact) mass is 431 g/mol. The number of fused-ring (bicyclic) bond motifs is 1. The van der Waals surface area contributed by atoms with Crippen molar-refractivity contribution in [3.63, 3.8) is 0 Å². The highest BCUT2D eigenvalue weighted by atomic mass is 32.1. The summed E-state index contributed by atoms with van der Waals surface area (Å²) < 4.78 is 1.16. The van der Waals surface area contributed by atoms with Crippen molar-refractivity contribution in [3.05, 3.63) is 53.3 Å². The minimum absolute atomic E-state index is 0.188. The summed E-state index contributed by atoms with van der Waals surface area (Å²) in [5, 5.41) is 0.829. The summed E-state index contributed by atoms with van der Waals surface area (Å²) in [6.45, 7) is 4.75. The van der Waals surface area contributed by atoms with Crippen molar-refractivity contribution in [2.75, 3.05) is 4.90 Å². The average molecular weight is 432 g/mol. The summed E-state index contributed by atoms with van der Waals surface area (Å²) in [7, 11) is 0. The lowest BCUT2D eigenvalue weighted by Gasteiger charge is -2.56. The fraction of sp³-hybridized carbons (Fsp3) is 0.500. The first-order chi connectivity index (χ1) is 15.0. The highest BCUT2D eigenvalue weighted by Crippen LogP contribution is 2.61. The van der Waals surface area contributed by atoms with Gasteiger partial charge in [-0.2, -0.15) is 0 Å². The zero-order chi connectivity index (χ0) is 21.2. The molecule has 0 radical (unpaired) electrons. The molecule has 160 valence electrons. The maximum atomic E-state index is 14.3. The number of rotatable bonds is 4. The third-order valence-electron chi connectivity index (χ3n) is 8.09. The van der Waals surface area contributed by atoms with Crippen molar-refractivity contribution in [2.24, 2.45) is 23.2 Å². The Kier molecular flexibility index (Phi) is 4.46. The summed E-state index contributed by atoms with van der Waals surface area (Å²) in [4.78, 5) is 25.8. The van der Waals surface area contributed by atoms with Crippen LogP contribution >= 0.6 is 11.3 Å². The Hall–Kier alpha value is -2.27. The summed E-state index contributed by atoms with van der Waals surface area (Å²) >= 11 is 1.65. The number of amides is 1. The third-order valence-corrected chi connectivity index (χ3v) is 9.13. The molecule has 2 heterocycles. The van der Waals surface area contributed by atoms with Crippen LogP contribution in [0.4, 0.5) is 5.13 Å². The summed E-state index contributed by atoms with van der Waals surface area (Å²) in [5.41, 5.74) is 4.22. The van der Waals surface area contributed by atoms with Crippen molar-refractivity contribution >= 4 is 32.6 Å². The molecule has 4 aliphatic carbocycles. The second-order valence-corrected chi connectivity index (χ2v) is 11.3. The molecule has 31 heavy (non-hydrogen) atoms. The number of carbonyl (C=O) groups excluding carboxylic acids is 1. The zero-order valence-electron chi connectivity index (χ0n) is 18.3. The number of hydrogen-bond donors (Lipinski definition) is 0. The number of thiazole rings is 1. The maximum absolute atomic E-state index is 14.3. The van der Waals surface area contributed by atoms with Gasteiger partial charge in [-0.05, 0) is 99.5 Å². The number of hydrogen-bond acceptors (Lipinski definition) is 4. The Morgan fingerprint density at radius 2 is 1.77 bits per heavy atom. The van der Waals surface area contributed by atoms with Crippen molar-refractivity contribution < 1.29 is 4.79 Å². The second-order valence-electron chi connectivity index (χ2n) is 10.3. The Balaban J connectivity index is 1.42. The van der Waals surface area contributed by atoms with Gasteiger partial charge in [-0.15, -0.1) is 0 Å². The smallest absolute Gasteiger partial charge is 0.235 e. The van der Waals surface area contributed by atoms with Crippen LogP contribution in [0.25, 0.3) is 10.2 Å². The molecule has 7 rings (SSSR count). The van der Waals surface area contributed by atoms with Gasteiger partial charge in [0.1, 0.15) is 0 Å². The van der Waals surface area contributed by atoms with Crippen molar-refractivity contribution in [3.8, 4) is 0 Å². The molecule has 0 atom stereocenters. The van der Waals surface area contributed by atoms with E-state index in [1.54, 1.807) is 11.3 Å². The fourth-order valence-electron chi connectivity index (χ4n) is 6.87. The van der Waals surface area contributed by atoms with Crippen molar-refractivity contribution in [1.29, 1.82) is 0 Å². The number of nitrogens with zero attached hydrogens (tertiary/aromatic N) is 3. The lowest BCUT2D eigenvalue weighted by molar-refractivity contribution is -0.143. The van der Waals surface area contributed by atoms with Crippen LogP contribution in [0.15, 0.2) is 36.5 Å². The Bertz CT molecular complexity index is 1120. The molecule has 3 aromatic rings. The van der Waals surface area contributed by atoms with Crippen LogP contribution in [-0.2, 0) is 11.3 Å². The van der Waals surface area contributed by atoms with E-state index in [4.69, 9.17) is 4.98 Å². The van der Waals surface area contributed by atoms with E-state index in [9.17, 15) is 4.79 Å². The molecule has 5 heteroatoms. The van der Waals surface area contributed by atoms with E-state index in [2.05, 4.69) is 31.0 Å². The van der Waals surface area contributed by atoms with Gasteiger partial charge in [0.05, 0.1) is 27.9 Å². The van der Waals surface area contributed by atoms with Crippen molar-refractivity contribution in [2.45, 2.75) is 58.9 Å². The number of aryl methyl sites for hydroxylation is 2. The van der Waals surface area contributed by atoms with E-state index < -0.39 is 0 Å². The minimum Gasteiger partial charge on any atom is -0.282 e. The molecule has 4 nitrogen and oxygen atoms in total. The number of pyridine rings is 1. The molecule has 2 aromatic heterocycles. The first-order valence-electron chi connectivity index (χ1n) is 11.6. The van der Waals surface area contributed by atoms with E-state index in [0.717, 1.165) is 58.1 Å². The molecule has 0 saturated heterocycles. The molecule has 4 bridgehead atoms. The van der Waals surface area contributed by atoms with Crippen LogP contribution in [-0.4, -0.2) is 15.9 Å². The lowest BCUT2D eigenvalue weighted by Crippen LogP contribution is -2.54. The van der Waals surface area contributed by atoms with Gasteiger partial charge in [-0.25, -0.2) is 4.98 Å². The van der Waals surface area contributed by atoms with Crippen LogP contribution < -0.4 is 4.90 Å². The highest BCUT2D eigenvalue weighted by molar-refractivity contribution is 7.22. The molecule has 0 spiro atoms. The predicted molar refractivity (Wildman–Crippen MR) is 125 cm³/mol. The van der Waals surface area contributed by atoms with Gasteiger partial charge in [-0.1, -0.05) is 23.5 Å². The number of aromatic nitrogens is 2. The van der Waals surface area contributed by atoms with E-state index in [1.807, 2.05) is 29.3 Å². The van der Waals surface area contributed by atoms with Crippen LogP contribution in [0.1, 0.15) is 55.3 Å². The minimum atomic E-state index is -0.188. The first kappa shape index (κ1) is 19.4. The van der Waals surface area contributed by atoms with Gasteiger partial charge in [0.2, 0.25) is 5.91 Å². The van der Waals surface area contributed by atoms with E-state index >= 15 is 0 Å². The van der Waals surface area contributed by atoms with E-state index in [1.165, 1.54) is 30.4 Å². The molecular weight excluding hydrogens is 402 g/mol. The van der Waals surface area contributed by atoms with Gasteiger partial charge in [-0.3, -0.25) is 14.7 Å². The van der Waals surface area contributed by atoms with Crippen LogP contribution in [0.3, 0.4) is 0 Å². The highest BCUT2D eigenvalue weighted by Gasteiger charge is 2.56. The Labute approximate surface area is 187 Å². The molecular formula is C26H29N3OS. The summed E-state index contributed by atoms with van der Waals surface area (Å²) in [6, 6.07) is 10.2. The van der Waals surface area contributed by atoms with Gasteiger partial charge in [0, 0.05) is 6.20 Å². The lowest BCUT2D eigenvalue weighted by atomic mass is 9.49. The molecule has 0 N–H and O–H groups in total. The zero-order valence-corrected chi connectivity index (χ0v) is 19.1. The van der Waals surface area contributed by atoms with Gasteiger partial charge >= 0.3 is 0 Å². The third kappa shape index (κ3) is 3.20. The number of benzene rings is 1. The average Bonchev–Trinajstić information content (AvgIpc) is 3.19. The Morgan fingerprint density at radius 3 is 2.42 bits per heavy atom. The molecule has 0 unspecified atom stereocenters. The Morgan fingerprint density at radius 1 is 1.06 bits per heavy atom. The van der Waals surface area contributed by atoms with Crippen molar-refractivity contribution in [1.82, 2.24) is 9.97 Å². The number of anilines is 1. The SMILES string of the molecule is Cc1ccc2sc(N(Cc3ccccn3)C(=O)C34CC5CC(CC(C5)C3)C4)nc2c1C. The summed E-state index contributed by atoms with van der Waals surface area (Å²) in [6.07, 6.45) is 9.04. The predicted octanol–water partition coefficient (Wildman–Crippen LogP) is 6.06. The van der Waals surface area contributed by atoms with E-state index in [0.29, 0.717) is 12.5 Å². The van der Waals surface area contributed by atoms with Gasteiger partial charge in [0.15, 0.2) is 5.13 Å². The maximum Gasteiger partial charge on any atom is 0.235 e. The van der Waals surface area contributed by atoms with Crippen LogP contribution in [0.5, 0.6) is 0 Å². The molecule has 0 aliphatic heterocycles. The quantitative estimate of drug-likeness (QED) is 0.504. The first-order valence-corrected chi connectivity index (χ1v) is 12.4. The second kappa shape index (κ2) is 7.13. The molecule has 4 aliphatic rings. The fourth-order valence-corrected chi connectivity index (χ4v) is 7.89. The van der Waals surface area contributed by atoms with Crippen LogP contribution in [0.2, 0.25) is 0 Å². The van der Waals surface area contributed by atoms with E-state index in [-0.39, 0.29) is 5.41 Å². The summed E-state index contributed by atoms with van der Waals surface area (Å²) in [5.74, 6) is 2.53. The largest absolute Gasteiger partial charge is 0.282 e. The molecule has 1 aromatic carbocycles.